The summed E-state index contributed by atoms with van der Waals surface area (Å²) in [7, 11) is 1.79. The maximum absolute atomic E-state index is 9.24. The van der Waals surface area contributed by atoms with Crippen LogP contribution in [0, 0.1) is 11.3 Å². The van der Waals surface area contributed by atoms with E-state index in [1.165, 1.54) is 6.42 Å². The maximum Gasteiger partial charge on any atom is 0.105 e. The van der Waals surface area contributed by atoms with Crippen LogP contribution in [-0.2, 0) is 4.74 Å². The largest absolute Gasteiger partial charge is 0.377 e. The van der Waals surface area contributed by atoms with Crippen LogP contribution in [0.4, 0.5) is 0 Å². The van der Waals surface area contributed by atoms with Gasteiger partial charge in [-0.15, -0.1) is 0 Å². The van der Waals surface area contributed by atoms with Gasteiger partial charge < -0.3 is 9.64 Å². The van der Waals surface area contributed by atoms with Gasteiger partial charge in [0.15, 0.2) is 0 Å². The number of hydrogen-bond acceptors (Lipinski definition) is 4. The highest BCUT2D eigenvalue weighted by Crippen LogP contribution is 2.24. The van der Waals surface area contributed by atoms with E-state index in [2.05, 4.69) is 23.2 Å². The molecule has 0 spiro atoms. The first-order valence-corrected chi connectivity index (χ1v) is 6.91. The van der Waals surface area contributed by atoms with Crippen LogP contribution in [0.2, 0.25) is 0 Å². The minimum absolute atomic E-state index is 0.0144. The van der Waals surface area contributed by atoms with Gasteiger partial charge in [-0.3, -0.25) is 5.32 Å². The second-order valence-electron chi connectivity index (χ2n) is 5.76. The Morgan fingerprint density at radius 2 is 2.28 bits per heavy atom. The molecule has 4 heteroatoms. The highest BCUT2D eigenvalue weighted by Gasteiger charge is 2.32. The highest BCUT2D eigenvalue weighted by molar-refractivity contribution is 5.04. The molecular formula is C14H27N3O. The van der Waals surface area contributed by atoms with E-state index in [0.29, 0.717) is 0 Å². The van der Waals surface area contributed by atoms with Gasteiger partial charge in [-0.05, 0) is 46.2 Å². The van der Waals surface area contributed by atoms with Gasteiger partial charge in [-0.25, -0.2) is 0 Å². The number of nitrogens with one attached hydrogen (secondary N) is 1. The maximum atomic E-state index is 9.24. The molecule has 0 aromatic carbocycles. The molecule has 0 aromatic heterocycles. The highest BCUT2D eigenvalue weighted by atomic mass is 16.5. The molecule has 0 bridgehead atoms. The Bertz CT molecular complexity index is 302. The van der Waals surface area contributed by atoms with Crippen molar-refractivity contribution in [2.45, 2.75) is 51.2 Å². The SMILES string of the molecule is CCNC(C)(C#N)CCN1CCCC(C)(OC)C1. The van der Waals surface area contributed by atoms with Gasteiger partial charge in [0.1, 0.15) is 5.54 Å². The van der Waals surface area contributed by atoms with Crippen LogP contribution in [0.1, 0.15) is 40.0 Å². The van der Waals surface area contributed by atoms with E-state index in [-0.39, 0.29) is 5.60 Å². The van der Waals surface area contributed by atoms with Crippen molar-refractivity contribution in [1.29, 1.82) is 5.26 Å². The molecule has 0 saturated carbocycles. The molecule has 1 N–H and O–H groups in total. The summed E-state index contributed by atoms with van der Waals surface area (Å²) in [6.07, 6.45) is 3.16. The lowest BCUT2D eigenvalue weighted by Crippen LogP contribution is -2.50. The molecule has 1 aliphatic heterocycles. The van der Waals surface area contributed by atoms with Crippen molar-refractivity contribution in [3.63, 3.8) is 0 Å². The number of nitriles is 1. The molecule has 2 unspecified atom stereocenters. The van der Waals surface area contributed by atoms with E-state index >= 15 is 0 Å². The zero-order valence-corrected chi connectivity index (χ0v) is 12.3. The Kier molecular flexibility index (Phi) is 5.58. The average molecular weight is 253 g/mol. The van der Waals surface area contributed by atoms with Crippen LogP contribution in [0.3, 0.4) is 0 Å². The third-order valence-corrected chi connectivity index (χ3v) is 3.97. The fourth-order valence-electron chi connectivity index (χ4n) is 2.62. The van der Waals surface area contributed by atoms with Crippen molar-refractivity contribution < 1.29 is 4.74 Å². The van der Waals surface area contributed by atoms with Crippen molar-refractivity contribution in [2.24, 2.45) is 0 Å². The zero-order valence-electron chi connectivity index (χ0n) is 12.3. The number of piperidine rings is 1. The molecule has 2 atom stereocenters. The number of likely N-dealkylation sites (tertiary alicyclic amines) is 1. The zero-order chi connectivity index (χ0) is 13.6. The quantitative estimate of drug-likeness (QED) is 0.784. The molecule has 1 rings (SSSR count). The van der Waals surface area contributed by atoms with Crippen molar-refractivity contribution in [3.8, 4) is 6.07 Å². The van der Waals surface area contributed by atoms with Crippen LogP contribution >= 0.6 is 0 Å². The van der Waals surface area contributed by atoms with Crippen LogP contribution < -0.4 is 5.32 Å². The monoisotopic (exact) mass is 253 g/mol. The normalized spacial score (nSPS) is 28.6. The summed E-state index contributed by atoms with van der Waals surface area (Å²) in [5.74, 6) is 0. The van der Waals surface area contributed by atoms with Gasteiger partial charge in [0, 0.05) is 20.2 Å². The lowest BCUT2D eigenvalue weighted by Gasteiger charge is -2.40. The first kappa shape index (κ1) is 15.4. The lowest BCUT2D eigenvalue weighted by molar-refractivity contribution is -0.0515. The summed E-state index contributed by atoms with van der Waals surface area (Å²) in [6.45, 7) is 10.1. The minimum Gasteiger partial charge on any atom is -0.377 e. The van der Waals surface area contributed by atoms with E-state index in [0.717, 1.165) is 39.0 Å². The third kappa shape index (κ3) is 4.24. The summed E-state index contributed by atoms with van der Waals surface area (Å²) in [6, 6.07) is 2.38. The van der Waals surface area contributed by atoms with Gasteiger partial charge in [-0.1, -0.05) is 6.92 Å². The molecule has 1 saturated heterocycles. The number of rotatable bonds is 6. The predicted octanol–water partition coefficient (Wildman–Crippen LogP) is 1.77. The number of ether oxygens (including phenoxy) is 1. The van der Waals surface area contributed by atoms with Gasteiger partial charge in [0.25, 0.3) is 0 Å². The van der Waals surface area contributed by atoms with Crippen LogP contribution in [0.5, 0.6) is 0 Å². The van der Waals surface area contributed by atoms with Crippen molar-refractivity contribution in [1.82, 2.24) is 10.2 Å². The summed E-state index contributed by atoms with van der Waals surface area (Å²) < 4.78 is 5.59. The molecule has 1 fully saturated rings. The second-order valence-corrected chi connectivity index (χ2v) is 5.76. The Hall–Kier alpha value is -0.630. The van der Waals surface area contributed by atoms with Gasteiger partial charge >= 0.3 is 0 Å². The van der Waals surface area contributed by atoms with Crippen molar-refractivity contribution >= 4 is 0 Å². The van der Waals surface area contributed by atoms with Crippen molar-refractivity contribution in [3.05, 3.63) is 0 Å². The fraction of sp³-hybridized carbons (Fsp3) is 0.929. The van der Waals surface area contributed by atoms with Gasteiger partial charge in [-0.2, -0.15) is 5.26 Å². The summed E-state index contributed by atoms with van der Waals surface area (Å²) >= 11 is 0. The van der Waals surface area contributed by atoms with E-state index < -0.39 is 5.54 Å². The molecule has 18 heavy (non-hydrogen) atoms. The average Bonchev–Trinajstić information content (AvgIpc) is 2.37. The molecule has 0 aromatic rings. The van der Waals surface area contributed by atoms with E-state index in [4.69, 9.17) is 4.74 Å². The first-order valence-electron chi connectivity index (χ1n) is 6.91. The minimum atomic E-state index is -0.407. The van der Waals surface area contributed by atoms with Crippen LogP contribution in [0.25, 0.3) is 0 Å². The van der Waals surface area contributed by atoms with Crippen molar-refractivity contribution in [2.75, 3.05) is 33.3 Å². The Balaban J connectivity index is 2.46. The van der Waals surface area contributed by atoms with E-state index in [1.54, 1.807) is 7.11 Å². The third-order valence-electron chi connectivity index (χ3n) is 3.97. The van der Waals surface area contributed by atoms with Crippen LogP contribution in [-0.4, -0.2) is 49.3 Å². The predicted molar refractivity (Wildman–Crippen MR) is 73.4 cm³/mol. The molecular weight excluding hydrogens is 226 g/mol. The lowest BCUT2D eigenvalue weighted by atomic mass is 9.93. The van der Waals surface area contributed by atoms with Crippen LogP contribution in [0.15, 0.2) is 0 Å². The summed E-state index contributed by atoms with van der Waals surface area (Å²) in [5.41, 5.74) is -0.421. The summed E-state index contributed by atoms with van der Waals surface area (Å²) in [5, 5.41) is 12.5. The Morgan fingerprint density at radius 3 is 2.83 bits per heavy atom. The first-order chi connectivity index (χ1) is 8.47. The molecule has 104 valence electrons. The molecule has 4 nitrogen and oxygen atoms in total. The number of hydrogen-bond donors (Lipinski definition) is 1. The smallest absolute Gasteiger partial charge is 0.105 e. The van der Waals surface area contributed by atoms with E-state index in [9.17, 15) is 5.26 Å². The molecule has 0 radical (unpaired) electrons. The topological polar surface area (TPSA) is 48.3 Å². The Morgan fingerprint density at radius 1 is 1.56 bits per heavy atom. The number of nitrogens with zero attached hydrogens (tertiary/aromatic N) is 2. The van der Waals surface area contributed by atoms with Gasteiger partial charge in [0.05, 0.1) is 11.7 Å². The van der Waals surface area contributed by atoms with E-state index in [1.807, 2.05) is 13.8 Å². The van der Waals surface area contributed by atoms with Gasteiger partial charge in [0.2, 0.25) is 0 Å². The fourth-order valence-corrected chi connectivity index (χ4v) is 2.62. The molecule has 0 amide bonds. The summed E-state index contributed by atoms with van der Waals surface area (Å²) in [4.78, 5) is 2.42. The number of methoxy groups -OCH3 is 1. The Labute approximate surface area is 111 Å². The molecule has 1 heterocycles. The second kappa shape index (κ2) is 6.51. The standard InChI is InChI=1S/C14H27N3O/c1-5-16-13(2,11-15)8-10-17-9-6-7-14(3,12-17)18-4/h16H,5-10,12H2,1-4H3. The molecule has 1 aliphatic rings. The molecule has 0 aliphatic carbocycles.